The molecule has 1 N–H and O–H groups in total. The average molecular weight is 381 g/mol. The summed E-state index contributed by atoms with van der Waals surface area (Å²) < 4.78 is 5.81. The zero-order chi connectivity index (χ0) is 15.6. The summed E-state index contributed by atoms with van der Waals surface area (Å²) in [6.07, 6.45) is 0. The third-order valence-corrected chi connectivity index (χ3v) is 4.00. The first-order chi connectivity index (χ1) is 11.3. The second-order valence-corrected chi connectivity index (χ2v) is 5.50. The minimum Gasteiger partial charge on any atom is -0.457 e. The minimum atomic E-state index is 0. The summed E-state index contributed by atoms with van der Waals surface area (Å²) in [6, 6.07) is 25.7. The lowest BCUT2D eigenvalue weighted by Gasteiger charge is -2.18. The van der Waals surface area contributed by atoms with Crippen molar-refractivity contribution in [2.45, 2.75) is 6.54 Å². The van der Waals surface area contributed by atoms with Gasteiger partial charge in [0.1, 0.15) is 17.3 Å². The molecule has 24 heavy (non-hydrogen) atoms. The van der Waals surface area contributed by atoms with Crippen LogP contribution in [0.1, 0.15) is 11.1 Å². The molecule has 0 spiro atoms. The van der Waals surface area contributed by atoms with Gasteiger partial charge >= 0.3 is 0 Å². The molecule has 0 atom stereocenters. The lowest BCUT2D eigenvalue weighted by atomic mass is 10.1. The monoisotopic (exact) mass is 380 g/mol. The van der Waals surface area contributed by atoms with Crippen molar-refractivity contribution in [3.05, 3.63) is 90.0 Å². The maximum atomic E-state index is 8.35. The number of fused-ring (bicyclic) bond motifs is 1. The van der Waals surface area contributed by atoms with Gasteiger partial charge < -0.3 is 9.64 Å². The van der Waals surface area contributed by atoms with Crippen molar-refractivity contribution in [3.8, 4) is 11.5 Å². The summed E-state index contributed by atoms with van der Waals surface area (Å²) in [5.74, 6) is 2.17. The molecule has 3 nitrogen and oxygen atoms in total. The van der Waals surface area contributed by atoms with Gasteiger partial charge in [0.2, 0.25) is 0 Å². The minimum absolute atomic E-state index is 0. The van der Waals surface area contributed by atoms with Crippen molar-refractivity contribution in [1.29, 1.82) is 5.41 Å². The van der Waals surface area contributed by atoms with Gasteiger partial charge in [-0.1, -0.05) is 42.5 Å². The number of hydrogen-bond donors (Lipinski definition) is 1. The van der Waals surface area contributed by atoms with E-state index in [4.69, 9.17) is 10.1 Å². The van der Waals surface area contributed by atoms with Crippen molar-refractivity contribution in [1.82, 2.24) is 0 Å². The van der Waals surface area contributed by atoms with E-state index in [0.29, 0.717) is 5.84 Å². The Balaban J connectivity index is 0.00000169. The number of benzene rings is 3. The number of rotatable bonds is 3. The first kappa shape index (κ1) is 16.3. The van der Waals surface area contributed by atoms with E-state index in [0.717, 1.165) is 29.3 Å². The van der Waals surface area contributed by atoms with Crippen molar-refractivity contribution in [2.24, 2.45) is 0 Å². The van der Waals surface area contributed by atoms with Gasteiger partial charge in [0.25, 0.3) is 0 Å². The fraction of sp³-hybridized carbons (Fsp3) is 0.0500. The van der Waals surface area contributed by atoms with E-state index >= 15 is 0 Å². The van der Waals surface area contributed by atoms with Crippen LogP contribution in [0.25, 0.3) is 0 Å². The summed E-state index contributed by atoms with van der Waals surface area (Å²) in [5, 5.41) is 8.35. The Hall–Kier alpha value is -2.59. The molecule has 0 saturated carbocycles. The molecule has 0 amide bonds. The van der Waals surface area contributed by atoms with Gasteiger partial charge in [-0.05, 0) is 42.0 Å². The molecule has 1 aliphatic rings. The molecule has 1 heterocycles. The van der Waals surface area contributed by atoms with Crippen LogP contribution < -0.4 is 9.64 Å². The molecule has 4 rings (SSSR count). The molecule has 0 fully saturated rings. The number of ether oxygens (including phenoxy) is 1. The molecule has 0 aliphatic carbocycles. The molecule has 0 aromatic heterocycles. The number of halogens is 1. The highest BCUT2D eigenvalue weighted by molar-refractivity contribution is 8.93. The van der Waals surface area contributed by atoms with Crippen LogP contribution in [0.15, 0.2) is 78.9 Å². The van der Waals surface area contributed by atoms with E-state index in [2.05, 4.69) is 6.07 Å². The van der Waals surface area contributed by atoms with E-state index < -0.39 is 0 Å². The second kappa shape index (κ2) is 6.89. The van der Waals surface area contributed by atoms with Gasteiger partial charge in [0, 0.05) is 11.3 Å². The standard InChI is InChI=1S/C20H16N2O.BrH/c21-20-19-9-5-4-6-15(19)14-22(20)16-10-12-18(13-11-16)23-17-7-2-1-3-8-17;/h1-13,21H,14H2;1H. The van der Waals surface area contributed by atoms with Gasteiger partial charge in [-0.15, -0.1) is 17.0 Å². The predicted molar refractivity (Wildman–Crippen MR) is 103 cm³/mol. The number of para-hydroxylation sites is 1. The topological polar surface area (TPSA) is 36.3 Å². The van der Waals surface area contributed by atoms with E-state index in [1.54, 1.807) is 0 Å². The number of amidine groups is 1. The smallest absolute Gasteiger partial charge is 0.133 e. The Labute approximate surface area is 151 Å². The van der Waals surface area contributed by atoms with Crippen LogP contribution in [-0.4, -0.2) is 5.84 Å². The van der Waals surface area contributed by atoms with Gasteiger partial charge in [-0.3, -0.25) is 5.41 Å². The van der Waals surface area contributed by atoms with Crippen LogP contribution >= 0.6 is 17.0 Å². The molecule has 0 saturated heterocycles. The number of nitrogens with one attached hydrogen (secondary N) is 1. The zero-order valence-corrected chi connectivity index (χ0v) is 14.7. The van der Waals surface area contributed by atoms with E-state index in [9.17, 15) is 0 Å². The number of anilines is 1. The lowest BCUT2D eigenvalue weighted by Crippen LogP contribution is -2.22. The van der Waals surface area contributed by atoms with Crippen LogP contribution in [0.5, 0.6) is 11.5 Å². The molecule has 3 aromatic rings. The summed E-state index contributed by atoms with van der Waals surface area (Å²) >= 11 is 0. The summed E-state index contributed by atoms with van der Waals surface area (Å²) in [5.41, 5.74) is 3.21. The fourth-order valence-corrected chi connectivity index (χ4v) is 2.82. The molecule has 3 aromatic carbocycles. The predicted octanol–water partition coefficient (Wildman–Crippen LogP) is 5.40. The Kier molecular flexibility index (Phi) is 4.67. The van der Waals surface area contributed by atoms with Crippen LogP contribution in [0, 0.1) is 5.41 Å². The Morgan fingerprint density at radius 1 is 0.750 bits per heavy atom. The van der Waals surface area contributed by atoms with Crippen LogP contribution in [-0.2, 0) is 6.54 Å². The Bertz CT molecular complexity index is 847. The van der Waals surface area contributed by atoms with Crippen LogP contribution in [0.2, 0.25) is 0 Å². The average Bonchev–Trinajstić information content (AvgIpc) is 2.94. The summed E-state index contributed by atoms with van der Waals surface area (Å²) in [4.78, 5) is 2.01. The molecule has 4 heteroatoms. The molecule has 0 unspecified atom stereocenters. The van der Waals surface area contributed by atoms with Gasteiger partial charge in [-0.25, -0.2) is 0 Å². The van der Waals surface area contributed by atoms with Crippen molar-refractivity contribution >= 4 is 28.5 Å². The Morgan fingerprint density at radius 2 is 1.38 bits per heavy atom. The molecular weight excluding hydrogens is 364 g/mol. The molecule has 120 valence electrons. The molecule has 1 aliphatic heterocycles. The van der Waals surface area contributed by atoms with E-state index in [1.807, 2.05) is 77.7 Å². The van der Waals surface area contributed by atoms with Gasteiger partial charge in [0.15, 0.2) is 0 Å². The quantitative estimate of drug-likeness (QED) is 0.659. The van der Waals surface area contributed by atoms with Crippen molar-refractivity contribution < 1.29 is 4.74 Å². The maximum Gasteiger partial charge on any atom is 0.133 e. The first-order valence-electron chi connectivity index (χ1n) is 7.58. The number of hydrogen-bond acceptors (Lipinski definition) is 2. The molecular formula is C20H17BrN2O. The highest BCUT2D eigenvalue weighted by atomic mass is 79.9. The lowest BCUT2D eigenvalue weighted by molar-refractivity contribution is 0.483. The van der Waals surface area contributed by atoms with Crippen LogP contribution in [0.4, 0.5) is 5.69 Å². The van der Waals surface area contributed by atoms with E-state index in [1.165, 1.54) is 5.56 Å². The SMILES string of the molecule is Br.N=C1c2ccccc2CN1c1ccc(Oc2ccccc2)cc1. The summed E-state index contributed by atoms with van der Waals surface area (Å²) in [7, 11) is 0. The summed E-state index contributed by atoms with van der Waals surface area (Å²) in [6.45, 7) is 0.744. The van der Waals surface area contributed by atoms with E-state index in [-0.39, 0.29) is 17.0 Å². The highest BCUT2D eigenvalue weighted by Gasteiger charge is 2.24. The Morgan fingerprint density at radius 3 is 2.08 bits per heavy atom. The first-order valence-corrected chi connectivity index (χ1v) is 7.58. The third kappa shape index (κ3) is 3.05. The van der Waals surface area contributed by atoms with Gasteiger partial charge in [0.05, 0.1) is 6.54 Å². The van der Waals surface area contributed by atoms with Crippen LogP contribution in [0.3, 0.4) is 0 Å². The largest absolute Gasteiger partial charge is 0.457 e. The molecule has 0 bridgehead atoms. The van der Waals surface area contributed by atoms with Crippen molar-refractivity contribution in [3.63, 3.8) is 0 Å². The fourth-order valence-electron chi connectivity index (χ4n) is 2.82. The number of nitrogens with zero attached hydrogens (tertiary/aromatic N) is 1. The second-order valence-electron chi connectivity index (χ2n) is 5.50. The highest BCUT2D eigenvalue weighted by Crippen LogP contribution is 2.30. The zero-order valence-electron chi connectivity index (χ0n) is 13.0. The normalized spacial score (nSPS) is 12.5. The maximum absolute atomic E-state index is 8.35. The van der Waals surface area contributed by atoms with Crippen molar-refractivity contribution in [2.75, 3.05) is 4.90 Å². The van der Waals surface area contributed by atoms with Gasteiger partial charge in [-0.2, -0.15) is 0 Å². The third-order valence-electron chi connectivity index (χ3n) is 4.00. The molecule has 0 radical (unpaired) electrons.